The summed E-state index contributed by atoms with van der Waals surface area (Å²) >= 11 is 0. The van der Waals surface area contributed by atoms with Crippen LogP contribution in [0.25, 0.3) is 0 Å². The zero-order valence-electron chi connectivity index (χ0n) is 12.1. The molecule has 1 aromatic rings. The average Bonchev–Trinajstić information content (AvgIpc) is 2.46. The fraction of sp³-hybridized carbons (Fsp3) is 0.600. The van der Waals surface area contributed by atoms with E-state index in [1.165, 1.54) is 12.0 Å². The number of nitrogens with zero attached hydrogens (tertiary/aromatic N) is 1. The topological polar surface area (TPSA) is 47.7 Å². The van der Waals surface area contributed by atoms with Crippen molar-refractivity contribution in [1.82, 2.24) is 4.90 Å². The van der Waals surface area contributed by atoms with Crippen molar-refractivity contribution in [2.75, 3.05) is 27.3 Å². The quantitative estimate of drug-likeness (QED) is 0.905. The summed E-state index contributed by atoms with van der Waals surface area (Å²) in [4.78, 5) is 2.44. The van der Waals surface area contributed by atoms with Crippen LogP contribution in [-0.4, -0.2) is 38.3 Å². The summed E-state index contributed by atoms with van der Waals surface area (Å²) in [6, 6.07) is 6.57. The van der Waals surface area contributed by atoms with Crippen molar-refractivity contribution in [3.8, 4) is 11.5 Å². The van der Waals surface area contributed by atoms with Crippen LogP contribution in [0.1, 0.15) is 31.4 Å². The number of methoxy groups -OCH3 is 2. The van der Waals surface area contributed by atoms with E-state index in [2.05, 4.69) is 24.0 Å². The van der Waals surface area contributed by atoms with Crippen LogP contribution in [0.3, 0.4) is 0 Å². The van der Waals surface area contributed by atoms with E-state index < -0.39 is 0 Å². The van der Waals surface area contributed by atoms with Crippen molar-refractivity contribution in [2.45, 2.75) is 31.8 Å². The minimum Gasteiger partial charge on any atom is -0.493 e. The molecular weight excluding hydrogens is 240 g/mol. The Morgan fingerprint density at radius 3 is 2.63 bits per heavy atom. The summed E-state index contributed by atoms with van der Waals surface area (Å²) in [6.45, 7) is 4.32. The number of likely N-dealkylation sites (N-methyl/N-ethyl adjacent to an activating group) is 1. The van der Waals surface area contributed by atoms with Crippen molar-refractivity contribution in [3.05, 3.63) is 23.8 Å². The van der Waals surface area contributed by atoms with Gasteiger partial charge in [-0.15, -0.1) is 0 Å². The van der Waals surface area contributed by atoms with Gasteiger partial charge in [0, 0.05) is 12.1 Å². The molecule has 2 atom stereocenters. The SMILES string of the molecule is CCN1CCCC(N)C1c1ccc(OC)c(OC)c1. The van der Waals surface area contributed by atoms with E-state index in [0.717, 1.165) is 31.0 Å². The maximum atomic E-state index is 6.33. The lowest BCUT2D eigenvalue weighted by Crippen LogP contribution is -2.45. The standard InChI is InChI=1S/C15H24N2O2/c1-4-17-9-5-6-12(16)15(17)11-7-8-13(18-2)14(10-11)19-3/h7-8,10,12,15H,4-6,9,16H2,1-3H3. The van der Waals surface area contributed by atoms with Gasteiger partial charge >= 0.3 is 0 Å². The highest BCUT2D eigenvalue weighted by atomic mass is 16.5. The highest BCUT2D eigenvalue weighted by Gasteiger charge is 2.29. The molecule has 1 saturated heterocycles. The molecule has 1 heterocycles. The Bertz CT molecular complexity index is 423. The van der Waals surface area contributed by atoms with Gasteiger partial charge in [0.15, 0.2) is 11.5 Å². The van der Waals surface area contributed by atoms with E-state index in [4.69, 9.17) is 15.2 Å². The summed E-state index contributed by atoms with van der Waals surface area (Å²) < 4.78 is 10.7. The van der Waals surface area contributed by atoms with Gasteiger partial charge in [0.2, 0.25) is 0 Å². The Morgan fingerprint density at radius 1 is 1.26 bits per heavy atom. The van der Waals surface area contributed by atoms with Gasteiger partial charge in [-0.25, -0.2) is 0 Å². The van der Waals surface area contributed by atoms with Crippen molar-refractivity contribution in [3.63, 3.8) is 0 Å². The van der Waals surface area contributed by atoms with Crippen molar-refractivity contribution < 1.29 is 9.47 Å². The lowest BCUT2D eigenvalue weighted by molar-refractivity contribution is 0.135. The molecule has 0 radical (unpaired) electrons. The molecule has 2 N–H and O–H groups in total. The average molecular weight is 264 g/mol. The van der Waals surface area contributed by atoms with Crippen molar-refractivity contribution >= 4 is 0 Å². The molecule has 0 aliphatic carbocycles. The first-order valence-corrected chi connectivity index (χ1v) is 6.92. The third kappa shape index (κ3) is 2.85. The fourth-order valence-electron chi connectivity index (χ4n) is 2.95. The molecular formula is C15H24N2O2. The van der Waals surface area contributed by atoms with E-state index in [9.17, 15) is 0 Å². The molecule has 2 unspecified atom stereocenters. The normalized spacial score (nSPS) is 24.2. The first-order chi connectivity index (χ1) is 9.21. The number of hydrogen-bond donors (Lipinski definition) is 1. The van der Waals surface area contributed by atoms with Gasteiger partial charge in [-0.1, -0.05) is 13.0 Å². The Labute approximate surface area is 115 Å². The third-order valence-electron chi connectivity index (χ3n) is 3.94. The number of benzene rings is 1. The summed E-state index contributed by atoms with van der Waals surface area (Å²) in [5.41, 5.74) is 7.54. The van der Waals surface area contributed by atoms with E-state index in [0.29, 0.717) is 0 Å². The maximum Gasteiger partial charge on any atom is 0.161 e. The predicted molar refractivity (Wildman–Crippen MR) is 76.7 cm³/mol. The van der Waals surface area contributed by atoms with Crippen LogP contribution in [0.15, 0.2) is 18.2 Å². The predicted octanol–water partition coefficient (Wildman–Crippen LogP) is 2.19. The molecule has 4 heteroatoms. The minimum absolute atomic E-state index is 0.187. The maximum absolute atomic E-state index is 6.33. The third-order valence-corrected chi connectivity index (χ3v) is 3.94. The molecule has 1 aliphatic heterocycles. The largest absolute Gasteiger partial charge is 0.493 e. The van der Waals surface area contributed by atoms with Crippen molar-refractivity contribution in [1.29, 1.82) is 0 Å². The molecule has 0 aromatic heterocycles. The molecule has 19 heavy (non-hydrogen) atoms. The zero-order valence-corrected chi connectivity index (χ0v) is 12.1. The summed E-state index contributed by atoms with van der Waals surface area (Å²) in [7, 11) is 3.32. The van der Waals surface area contributed by atoms with Crippen molar-refractivity contribution in [2.24, 2.45) is 5.73 Å². The molecule has 2 rings (SSSR count). The van der Waals surface area contributed by atoms with Gasteiger partial charge in [0.1, 0.15) is 0 Å². The molecule has 0 saturated carbocycles. The van der Waals surface area contributed by atoms with Crippen LogP contribution in [-0.2, 0) is 0 Å². The molecule has 1 aromatic carbocycles. The second kappa shape index (κ2) is 6.26. The van der Waals surface area contributed by atoms with Crippen LogP contribution in [0.2, 0.25) is 0 Å². The second-order valence-corrected chi connectivity index (χ2v) is 4.99. The van der Waals surface area contributed by atoms with E-state index in [1.807, 2.05) is 6.07 Å². The van der Waals surface area contributed by atoms with Crippen LogP contribution in [0.4, 0.5) is 0 Å². The monoisotopic (exact) mass is 264 g/mol. The van der Waals surface area contributed by atoms with Crippen LogP contribution in [0.5, 0.6) is 11.5 Å². The summed E-state index contributed by atoms with van der Waals surface area (Å²) in [5.74, 6) is 1.53. The first kappa shape index (κ1) is 14.2. The van der Waals surface area contributed by atoms with Gasteiger partial charge in [-0.2, -0.15) is 0 Å². The van der Waals surface area contributed by atoms with E-state index in [-0.39, 0.29) is 12.1 Å². The van der Waals surface area contributed by atoms with Crippen LogP contribution < -0.4 is 15.2 Å². The lowest BCUT2D eigenvalue weighted by atomic mass is 9.91. The molecule has 1 aliphatic rings. The van der Waals surface area contributed by atoms with E-state index >= 15 is 0 Å². The van der Waals surface area contributed by atoms with Crippen LogP contribution in [0, 0.1) is 0 Å². The molecule has 0 amide bonds. The van der Waals surface area contributed by atoms with Gasteiger partial charge in [0.05, 0.1) is 14.2 Å². The smallest absolute Gasteiger partial charge is 0.161 e. The second-order valence-electron chi connectivity index (χ2n) is 4.99. The number of hydrogen-bond acceptors (Lipinski definition) is 4. The Hall–Kier alpha value is -1.26. The number of rotatable bonds is 4. The Balaban J connectivity index is 2.33. The zero-order chi connectivity index (χ0) is 13.8. The lowest BCUT2D eigenvalue weighted by Gasteiger charge is -2.39. The Kier molecular flexibility index (Phi) is 4.66. The number of ether oxygens (including phenoxy) is 2. The molecule has 0 spiro atoms. The molecule has 4 nitrogen and oxygen atoms in total. The number of likely N-dealkylation sites (tertiary alicyclic amines) is 1. The first-order valence-electron chi connectivity index (χ1n) is 6.92. The van der Waals surface area contributed by atoms with Crippen LogP contribution >= 0.6 is 0 Å². The molecule has 0 bridgehead atoms. The van der Waals surface area contributed by atoms with E-state index in [1.54, 1.807) is 14.2 Å². The molecule has 106 valence electrons. The van der Waals surface area contributed by atoms with Gasteiger partial charge in [-0.3, -0.25) is 4.90 Å². The van der Waals surface area contributed by atoms with Gasteiger partial charge < -0.3 is 15.2 Å². The minimum atomic E-state index is 0.187. The molecule has 1 fully saturated rings. The Morgan fingerprint density at radius 2 is 2.00 bits per heavy atom. The number of piperidine rings is 1. The fourth-order valence-corrected chi connectivity index (χ4v) is 2.95. The highest BCUT2D eigenvalue weighted by Crippen LogP contribution is 2.35. The summed E-state index contributed by atoms with van der Waals surface area (Å²) in [6.07, 6.45) is 2.26. The van der Waals surface area contributed by atoms with Gasteiger partial charge in [0.25, 0.3) is 0 Å². The number of nitrogens with two attached hydrogens (primary N) is 1. The summed E-state index contributed by atoms with van der Waals surface area (Å²) in [5, 5.41) is 0. The van der Waals surface area contributed by atoms with Gasteiger partial charge in [-0.05, 0) is 43.6 Å². The highest BCUT2D eigenvalue weighted by molar-refractivity contribution is 5.44.